The van der Waals surface area contributed by atoms with Gasteiger partial charge in [0.1, 0.15) is 5.00 Å². The van der Waals surface area contributed by atoms with Crippen molar-refractivity contribution >= 4 is 32.4 Å². The van der Waals surface area contributed by atoms with Crippen LogP contribution in [0.5, 0.6) is 0 Å². The molecule has 0 bridgehead atoms. The van der Waals surface area contributed by atoms with Gasteiger partial charge in [0.2, 0.25) is 0 Å². The number of sulfonamides is 1. The zero-order chi connectivity index (χ0) is 13.2. The maximum atomic E-state index is 11.4. The van der Waals surface area contributed by atoms with Gasteiger partial charge in [-0.2, -0.15) is 0 Å². The summed E-state index contributed by atoms with van der Waals surface area (Å²) in [4.78, 5) is 2.11. The van der Waals surface area contributed by atoms with Crippen LogP contribution in [0.2, 0.25) is 0 Å². The van der Waals surface area contributed by atoms with E-state index in [-0.39, 0.29) is 11.6 Å². The van der Waals surface area contributed by atoms with Gasteiger partial charge in [-0.3, -0.25) is 0 Å². The quantitative estimate of drug-likeness (QED) is 0.627. The molecule has 0 amide bonds. The van der Waals surface area contributed by atoms with E-state index in [1.54, 1.807) is 0 Å². The van der Waals surface area contributed by atoms with Crippen molar-refractivity contribution in [3.63, 3.8) is 0 Å². The van der Waals surface area contributed by atoms with Gasteiger partial charge in [-0.05, 0) is 19.8 Å². The molecule has 7 nitrogen and oxygen atoms in total. The zero-order valence-corrected chi connectivity index (χ0v) is 11.7. The number of hydrogen-bond acceptors (Lipinski definition) is 6. The first kappa shape index (κ1) is 13.2. The minimum atomic E-state index is -3.50. The molecule has 0 spiro atoms. The molecule has 0 radical (unpaired) electrons. The van der Waals surface area contributed by atoms with Gasteiger partial charge in [0.15, 0.2) is 11.5 Å². The van der Waals surface area contributed by atoms with Crippen LogP contribution in [0.1, 0.15) is 25.5 Å². The van der Waals surface area contributed by atoms with Gasteiger partial charge in [-0.1, -0.05) is 4.49 Å². The van der Waals surface area contributed by atoms with Gasteiger partial charge in [0.25, 0.3) is 10.0 Å². The average Bonchev–Trinajstić information content (AvgIpc) is 2.98. The highest BCUT2D eigenvalue weighted by Gasteiger charge is 2.22. The van der Waals surface area contributed by atoms with Crippen LogP contribution >= 0.6 is 11.5 Å². The van der Waals surface area contributed by atoms with Crippen molar-refractivity contribution in [1.29, 1.82) is 0 Å². The van der Waals surface area contributed by atoms with Crippen molar-refractivity contribution in [2.24, 2.45) is 10.1 Å². The molecule has 2 heterocycles. The van der Waals surface area contributed by atoms with E-state index < -0.39 is 10.0 Å². The second-order valence-electron chi connectivity index (χ2n) is 3.97. The lowest BCUT2D eigenvalue weighted by atomic mass is 10.4. The number of nitrogens with zero attached hydrogens (tertiary/aromatic N) is 4. The highest BCUT2D eigenvalue weighted by atomic mass is 32.2. The van der Waals surface area contributed by atoms with E-state index in [9.17, 15) is 8.42 Å². The summed E-state index contributed by atoms with van der Waals surface area (Å²) in [5.74, 6) is -0.155. The lowest BCUT2D eigenvalue weighted by Gasteiger charge is -2.14. The van der Waals surface area contributed by atoms with Gasteiger partial charge in [-0.25, -0.2) is 8.42 Å². The predicted molar refractivity (Wildman–Crippen MR) is 71.5 cm³/mol. The smallest absolute Gasteiger partial charge is 0.254 e. The fourth-order valence-electron chi connectivity index (χ4n) is 1.73. The molecule has 0 atom stereocenters. The highest BCUT2D eigenvalue weighted by molar-refractivity contribution is 7.90. The molecule has 0 unspecified atom stereocenters. The van der Waals surface area contributed by atoms with E-state index in [4.69, 9.17) is 5.73 Å². The molecule has 18 heavy (non-hydrogen) atoms. The van der Waals surface area contributed by atoms with E-state index in [2.05, 4.69) is 18.9 Å². The Labute approximate surface area is 110 Å². The van der Waals surface area contributed by atoms with Crippen molar-refractivity contribution in [2.45, 2.75) is 19.8 Å². The average molecular weight is 289 g/mol. The Morgan fingerprint density at radius 3 is 2.78 bits per heavy atom. The van der Waals surface area contributed by atoms with Crippen molar-refractivity contribution in [3.05, 3.63) is 5.69 Å². The third kappa shape index (κ3) is 2.78. The number of nitrogens with two attached hydrogens (primary N) is 1. The summed E-state index contributed by atoms with van der Waals surface area (Å²) in [6.07, 6.45) is 2.23. The SMILES string of the molecule is CCS(=O)(=O)N=C(N)c1nnsc1N1CCCC1. The first-order valence-corrected chi connectivity index (χ1v) is 8.07. The molecule has 1 aliphatic rings. The van der Waals surface area contributed by atoms with E-state index in [0.29, 0.717) is 5.69 Å². The lowest BCUT2D eigenvalue weighted by Crippen LogP contribution is -2.23. The fourth-order valence-corrected chi connectivity index (χ4v) is 2.98. The number of anilines is 1. The Morgan fingerprint density at radius 2 is 2.17 bits per heavy atom. The van der Waals surface area contributed by atoms with Crippen LogP contribution in [0.3, 0.4) is 0 Å². The molecule has 1 fully saturated rings. The van der Waals surface area contributed by atoms with Gasteiger partial charge >= 0.3 is 0 Å². The van der Waals surface area contributed by atoms with E-state index in [1.807, 2.05) is 0 Å². The summed E-state index contributed by atoms with van der Waals surface area (Å²) in [6.45, 7) is 3.36. The van der Waals surface area contributed by atoms with Crippen LogP contribution < -0.4 is 10.6 Å². The Bertz CT molecular complexity index is 545. The maximum absolute atomic E-state index is 11.4. The molecule has 0 aromatic carbocycles. The second-order valence-corrected chi connectivity index (χ2v) is 6.62. The minimum absolute atomic E-state index is 0.0764. The Hall–Kier alpha value is -1.22. The number of hydrogen-bond donors (Lipinski definition) is 1. The zero-order valence-electron chi connectivity index (χ0n) is 10.0. The third-order valence-electron chi connectivity index (χ3n) is 2.71. The third-order valence-corrected chi connectivity index (χ3v) is 4.70. The molecular formula is C9H15N5O2S2. The van der Waals surface area contributed by atoms with Crippen LogP contribution in [0.25, 0.3) is 0 Å². The van der Waals surface area contributed by atoms with Gasteiger partial charge in [0.05, 0.1) is 5.75 Å². The second kappa shape index (κ2) is 5.19. The predicted octanol–water partition coefficient (Wildman–Crippen LogP) is 0.193. The molecule has 9 heteroatoms. The molecule has 1 aliphatic heterocycles. The summed E-state index contributed by atoms with van der Waals surface area (Å²) in [5, 5.41) is 4.69. The van der Waals surface area contributed by atoms with E-state index in [0.717, 1.165) is 30.9 Å². The number of aromatic nitrogens is 2. The van der Waals surface area contributed by atoms with Crippen molar-refractivity contribution < 1.29 is 8.42 Å². The Balaban J connectivity index is 2.31. The van der Waals surface area contributed by atoms with Gasteiger partial charge < -0.3 is 10.6 Å². The summed E-state index contributed by atoms with van der Waals surface area (Å²) in [6, 6.07) is 0. The topological polar surface area (TPSA) is 102 Å². The summed E-state index contributed by atoms with van der Waals surface area (Å²) < 4.78 is 30.2. The summed E-state index contributed by atoms with van der Waals surface area (Å²) >= 11 is 1.22. The van der Waals surface area contributed by atoms with E-state index >= 15 is 0 Å². The molecule has 2 rings (SSSR count). The van der Waals surface area contributed by atoms with Crippen LogP contribution in [-0.2, 0) is 10.0 Å². The number of rotatable bonds is 4. The normalized spacial score (nSPS) is 17.4. The highest BCUT2D eigenvalue weighted by Crippen LogP contribution is 2.26. The molecule has 1 saturated heterocycles. The summed E-state index contributed by atoms with van der Waals surface area (Å²) in [7, 11) is -3.50. The van der Waals surface area contributed by atoms with Gasteiger partial charge in [-0.15, -0.1) is 9.50 Å². The first-order valence-electron chi connectivity index (χ1n) is 5.69. The molecule has 1 aromatic heterocycles. The fraction of sp³-hybridized carbons (Fsp3) is 0.667. The molecule has 100 valence electrons. The van der Waals surface area contributed by atoms with Crippen LogP contribution in [-0.4, -0.2) is 42.7 Å². The van der Waals surface area contributed by atoms with Crippen molar-refractivity contribution in [3.8, 4) is 0 Å². The molecule has 0 saturated carbocycles. The molecular weight excluding hydrogens is 274 g/mol. The molecule has 2 N–H and O–H groups in total. The van der Waals surface area contributed by atoms with Crippen molar-refractivity contribution in [2.75, 3.05) is 23.7 Å². The monoisotopic (exact) mass is 289 g/mol. The lowest BCUT2D eigenvalue weighted by molar-refractivity contribution is 0.599. The van der Waals surface area contributed by atoms with E-state index in [1.165, 1.54) is 18.5 Å². The van der Waals surface area contributed by atoms with Gasteiger partial charge in [0, 0.05) is 24.6 Å². The Kier molecular flexibility index (Phi) is 3.81. The van der Waals surface area contributed by atoms with Crippen LogP contribution in [0.15, 0.2) is 4.40 Å². The Morgan fingerprint density at radius 1 is 1.50 bits per heavy atom. The first-order chi connectivity index (χ1) is 8.53. The van der Waals surface area contributed by atoms with Crippen molar-refractivity contribution in [1.82, 2.24) is 9.59 Å². The van der Waals surface area contributed by atoms with Crippen LogP contribution in [0.4, 0.5) is 5.00 Å². The maximum Gasteiger partial charge on any atom is 0.254 e. The standard InChI is InChI=1S/C9H15N5O2S2/c1-2-18(15,16)12-8(10)7-9(17-13-11-7)14-5-3-4-6-14/h2-6H2,1H3,(H2,10,12). The molecule has 1 aromatic rings. The summed E-state index contributed by atoms with van der Waals surface area (Å²) in [5.41, 5.74) is 6.09. The molecule has 0 aliphatic carbocycles. The van der Waals surface area contributed by atoms with Crippen LogP contribution in [0, 0.1) is 0 Å². The minimum Gasteiger partial charge on any atom is -0.381 e. The largest absolute Gasteiger partial charge is 0.381 e. The number of amidine groups is 1.